The first-order chi connectivity index (χ1) is 8.06. The van der Waals surface area contributed by atoms with Gasteiger partial charge in [0.2, 0.25) is 0 Å². The monoisotopic (exact) mass is 260 g/mol. The van der Waals surface area contributed by atoms with Gasteiger partial charge in [-0.25, -0.2) is 4.39 Å². The van der Waals surface area contributed by atoms with Crippen LogP contribution in [0.3, 0.4) is 0 Å². The second kappa shape index (κ2) is 6.57. The predicted octanol–water partition coefficient (Wildman–Crippen LogP) is 2.86. The molecule has 0 aliphatic heterocycles. The van der Waals surface area contributed by atoms with Crippen LogP contribution in [-0.2, 0) is 9.53 Å². The molecule has 3 nitrogen and oxygen atoms in total. The summed E-state index contributed by atoms with van der Waals surface area (Å²) in [6.45, 7) is 1.99. The smallest absolute Gasteiger partial charge is 0.305 e. The Morgan fingerprint density at radius 2 is 2.29 bits per heavy atom. The van der Waals surface area contributed by atoms with Gasteiger partial charge in [-0.1, -0.05) is 23.7 Å². The van der Waals surface area contributed by atoms with Crippen LogP contribution >= 0.6 is 11.6 Å². The van der Waals surface area contributed by atoms with Crippen LogP contribution in [0.5, 0.6) is 0 Å². The van der Waals surface area contributed by atoms with Crippen molar-refractivity contribution in [3.63, 3.8) is 0 Å². The van der Waals surface area contributed by atoms with Crippen LogP contribution in [0.4, 0.5) is 4.39 Å². The molecular weight excluding hydrogens is 247 g/mol. The summed E-state index contributed by atoms with van der Waals surface area (Å²) < 4.78 is 18.2. The lowest BCUT2D eigenvalue weighted by molar-refractivity contribution is -0.143. The molecule has 1 atom stereocenters. The molecule has 0 aromatic heterocycles. The zero-order valence-electron chi connectivity index (χ0n) is 9.45. The summed E-state index contributed by atoms with van der Waals surface area (Å²) in [5, 5.41) is 9.69. The van der Waals surface area contributed by atoms with E-state index in [-0.39, 0.29) is 23.4 Å². The molecule has 1 aromatic carbocycles. The molecule has 0 spiro atoms. The van der Waals surface area contributed by atoms with Crippen molar-refractivity contribution in [3.8, 4) is 0 Å². The first-order valence-electron chi connectivity index (χ1n) is 5.33. The molecular formula is C12H14ClFO3. The fourth-order valence-corrected chi connectivity index (χ4v) is 1.60. The van der Waals surface area contributed by atoms with E-state index in [1.165, 1.54) is 12.1 Å². The van der Waals surface area contributed by atoms with E-state index in [9.17, 15) is 14.3 Å². The zero-order valence-corrected chi connectivity index (χ0v) is 10.2. The van der Waals surface area contributed by atoms with Gasteiger partial charge in [-0.3, -0.25) is 4.79 Å². The lowest BCUT2D eigenvalue weighted by Crippen LogP contribution is -2.08. The van der Waals surface area contributed by atoms with Gasteiger partial charge in [0.15, 0.2) is 0 Å². The second-order valence-corrected chi connectivity index (χ2v) is 3.91. The number of halogens is 2. The van der Waals surface area contributed by atoms with Gasteiger partial charge in [0.25, 0.3) is 0 Å². The van der Waals surface area contributed by atoms with E-state index in [1.54, 1.807) is 13.0 Å². The highest BCUT2D eigenvalue weighted by atomic mass is 35.5. The van der Waals surface area contributed by atoms with Crippen molar-refractivity contribution in [3.05, 3.63) is 34.6 Å². The molecule has 1 N–H and O–H groups in total. The number of ether oxygens (including phenoxy) is 1. The number of carbonyl (C=O) groups is 1. The van der Waals surface area contributed by atoms with Crippen molar-refractivity contribution < 1.29 is 19.0 Å². The molecule has 17 heavy (non-hydrogen) atoms. The fourth-order valence-electron chi connectivity index (χ4n) is 1.42. The largest absolute Gasteiger partial charge is 0.466 e. The third kappa shape index (κ3) is 3.98. The van der Waals surface area contributed by atoms with Crippen LogP contribution in [0.2, 0.25) is 5.02 Å². The standard InChI is InChI=1S/C12H14ClFO3/c1-2-17-11(16)7-6-10(15)8-4-3-5-9(13)12(8)14/h3-5,10,15H,2,6-7H2,1H3. The quantitative estimate of drug-likeness (QED) is 0.828. The van der Waals surface area contributed by atoms with E-state index in [0.29, 0.717) is 6.61 Å². The number of rotatable bonds is 5. The topological polar surface area (TPSA) is 46.5 Å². The number of benzene rings is 1. The molecule has 0 bridgehead atoms. The first-order valence-corrected chi connectivity index (χ1v) is 5.71. The van der Waals surface area contributed by atoms with Crippen molar-refractivity contribution in [2.45, 2.75) is 25.9 Å². The summed E-state index contributed by atoms with van der Waals surface area (Å²) in [4.78, 5) is 11.1. The Bertz CT molecular complexity index is 395. The lowest BCUT2D eigenvalue weighted by atomic mass is 10.0. The predicted molar refractivity (Wildman–Crippen MR) is 62.2 cm³/mol. The van der Waals surface area contributed by atoms with E-state index in [4.69, 9.17) is 16.3 Å². The maximum atomic E-state index is 13.5. The third-order valence-corrected chi connectivity index (χ3v) is 2.56. The molecule has 0 fully saturated rings. The molecule has 0 aliphatic rings. The molecule has 5 heteroatoms. The van der Waals surface area contributed by atoms with Gasteiger partial charge in [-0.2, -0.15) is 0 Å². The van der Waals surface area contributed by atoms with Gasteiger partial charge in [0, 0.05) is 12.0 Å². The Morgan fingerprint density at radius 1 is 1.59 bits per heavy atom. The Morgan fingerprint density at radius 3 is 2.94 bits per heavy atom. The van der Waals surface area contributed by atoms with Crippen LogP contribution in [0.1, 0.15) is 31.4 Å². The number of esters is 1. The van der Waals surface area contributed by atoms with E-state index < -0.39 is 17.9 Å². The van der Waals surface area contributed by atoms with Crippen LogP contribution in [0.15, 0.2) is 18.2 Å². The number of hydrogen-bond acceptors (Lipinski definition) is 3. The minimum atomic E-state index is -1.06. The lowest BCUT2D eigenvalue weighted by Gasteiger charge is -2.12. The Hall–Kier alpha value is -1.13. The highest BCUT2D eigenvalue weighted by Crippen LogP contribution is 2.26. The highest BCUT2D eigenvalue weighted by molar-refractivity contribution is 6.30. The van der Waals surface area contributed by atoms with Crippen LogP contribution in [0.25, 0.3) is 0 Å². The highest BCUT2D eigenvalue weighted by Gasteiger charge is 2.16. The molecule has 0 heterocycles. The van der Waals surface area contributed by atoms with Crippen LogP contribution in [0, 0.1) is 5.82 Å². The normalized spacial score (nSPS) is 12.2. The zero-order chi connectivity index (χ0) is 12.8. The van der Waals surface area contributed by atoms with E-state index in [1.807, 2.05) is 0 Å². The maximum absolute atomic E-state index is 13.5. The average molecular weight is 261 g/mol. The third-order valence-electron chi connectivity index (χ3n) is 2.27. The van der Waals surface area contributed by atoms with E-state index in [2.05, 4.69) is 0 Å². The van der Waals surface area contributed by atoms with Gasteiger partial charge in [0.1, 0.15) is 5.82 Å². The average Bonchev–Trinajstić information content (AvgIpc) is 2.30. The van der Waals surface area contributed by atoms with Gasteiger partial charge >= 0.3 is 5.97 Å². The molecule has 0 radical (unpaired) electrons. The van der Waals surface area contributed by atoms with Crippen molar-refractivity contribution in [1.82, 2.24) is 0 Å². The number of aliphatic hydroxyl groups is 1. The van der Waals surface area contributed by atoms with Gasteiger partial charge in [0.05, 0.1) is 17.7 Å². The molecule has 94 valence electrons. The Labute approximate surface area is 104 Å². The summed E-state index contributed by atoms with van der Waals surface area (Å²) in [5.41, 5.74) is 0.0989. The summed E-state index contributed by atoms with van der Waals surface area (Å²) in [6.07, 6.45) is -0.907. The minimum Gasteiger partial charge on any atom is -0.466 e. The summed E-state index contributed by atoms with van der Waals surface area (Å²) in [7, 11) is 0. The van der Waals surface area contributed by atoms with Crippen LogP contribution in [-0.4, -0.2) is 17.7 Å². The molecule has 1 aromatic rings. The molecule has 1 rings (SSSR count). The molecule has 0 aliphatic carbocycles. The van der Waals surface area contributed by atoms with Crippen molar-refractivity contribution in [1.29, 1.82) is 0 Å². The molecule has 0 amide bonds. The summed E-state index contributed by atoms with van der Waals surface area (Å²) >= 11 is 5.59. The fraction of sp³-hybridized carbons (Fsp3) is 0.417. The minimum absolute atomic E-state index is 0.0426. The SMILES string of the molecule is CCOC(=O)CCC(O)c1cccc(Cl)c1F. The second-order valence-electron chi connectivity index (χ2n) is 3.50. The van der Waals surface area contributed by atoms with Gasteiger partial charge in [-0.15, -0.1) is 0 Å². The van der Waals surface area contributed by atoms with E-state index in [0.717, 1.165) is 0 Å². The number of aliphatic hydroxyl groups excluding tert-OH is 1. The Kier molecular flexibility index (Phi) is 5.38. The summed E-state index contributed by atoms with van der Waals surface area (Å²) in [6, 6.07) is 4.39. The number of hydrogen-bond donors (Lipinski definition) is 1. The van der Waals surface area contributed by atoms with Crippen molar-refractivity contribution in [2.75, 3.05) is 6.61 Å². The molecule has 1 unspecified atom stereocenters. The molecule has 0 saturated heterocycles. The maximum Gasteiger partial charge on any atom is 0.305 e. The van der Waals surface area contributed by atoms with Gasteiger partial charge in [-0.05, 0) is 19.4 Å². The number of carbonyl (C=O) groups excluding carboxylic acids is 1. The van der Waals surface area contributed by atoms with E-state index >= 15 is 0 Å². The van der Waals surface area contributed by atoms with Crippen molar-refractivity contribution >= 4 is 17.6 Å². The Balaban J connectivity index is 2.61. The first kappa shape index (κ1) is 13.9. The molecule has 0 saturated carbocycles. The van der Waals surface area contributed by atoms with Gasteiger partial charge < -0.3 is 9.84 Å². The van der Waals surface area contributed by atoms with Crippen LogP contribution < -0.4 is 0 Å². The van der Waals surface area contributed by atoms with Crippen molar-refractivity contribution in [2.24, 2.45) is 0 Å². The summed E-state index contributed by atoms with van der Waals surface area (Å²) in [5.74, 6) is -1.06.